The zero-order chi connectivity index (χ0) is 21.9. The number of ether oxygens (including phenoxy) is 1. The number of carbonyl (C=O) groups excluding carboxylic acids is 1. The van der Waals surface area contributed by atoms with Crippen LogP contribution in [0.25, 0.3) is 0 Å². The van der Waals surface area contributed by atoms with Crippen LogP contribution in [0, 0.1) is 11.8 Å². The number of H-pyrrole nitrogens is 1. The Bertz CT molecular complexity index is 860. The molecule has 4 atom stereocenters. The minimum Gasteiger partial charge on any atom is -0.376 e. The van der Waals surface area contributed by atoms with Gasteiger partial charge in [0.2, 0.25) is 5.91 Å². The number of amides is 1. The van der Waals surface area contributed by atoms with E-state index in [0.29, 0.717) is 30.5 Å². The molecule has 32 heavy (non-hydrogen) atoms. The van der Waals surface area contributed by atoms with Crippen molar-refractivity contribution in [2.45, 2.75) is 82.3 Å². The second-order valence-corrected chi connectivity index (χ2v) is 10.1. The van der Waals surface area contributed by atoms with Gasteiger partial charge >= 0.3 is 0 Å². The Kier molecular flexibility index (Phi) is 6.63. The Morgan fingerprint density at radius 3 is 2.62 bits per heavy atom. The Morgan fingerprint density at radius 2 is 1.94 bits per heavy atom. The molecule has 3 aliphatic rings. The second-order valence-electron chi connectivity index (χ2n) is 10.1. The number of nitrogens with one attached hydrogen (secondary N) is 1. The topological polar surface area (TPSA) is 58.2 Å². The van der Waals surface area contributed by atoms with Gasteiger partial charge in [-0.1, -0.05) is 43.7 Å². The first kappa shape index (κ1) is 21.7. The highest BCUT2D eigenvalue weighted by Gasteiger charge is 2.47. The summed E-state index contributed by atoms with van der Waals surface area (Å²) in [5.74, 6) is 2.13. The standard InChI is InChI=1S/C27H37N3O2/c1-2-19-17-24(19)27(31)30-16-6-9-23(25-14-15-28-29-25)26(30)18-32-22-12-10-21(11-13-22)20-7-4-3-5-8-20/h3-5,7-8,14-15,19,21-24,26H,2,6,9-13,16-18H2,1H3,(H,28,29). The predicted molar refractivity (Wildman–Crippen MR) is 125 cm³/mol. The van der Waals surface area contributed by atoms with Crippen LogP contribution in [-0.2, 0) is 9.53 Å². The smallest absolute Gasteiger partial charge is 0.226 e. The third-order valence-corrected chi connectivity index (χ3v) is 8.20. The number of likely N-dealkylation sites (tertiary alicyclic amines) is 1. The van der Waals surface area contributed by atoms with Crippen molar-refractivity contribution in [3.05, 3.63) is 53.9 Å². The molecule has 0 radical (unpaired) electrons. The summed E-state index contributed by atoms with van der Waals surface area (Å²) in [7, 11) is 0. The van der Waals surface area contributed by atoms with Crippen molar-refractivity contribution < 1.29 is 9.53 Å². The number of piperidine rings is 1. The molecule has 1 aromatic carbocycles. The molecule has 0 spiro atoms. The molecule has 1 aliphatic heterocycles. The number of aromatic nitrogens is 2. The van der Waals surface area contributed by atoms with Gasteiger partial charge in [-0.15, -0.1) is 0 Å². The van der Waals surface area contributed by atoms with Crippen LogP contribution in [0.4, 0.5) is 0 Å². The van der Waals surface area contributed by atoms with E-state index in [1.165, 1.54) is 18.4 Å². The van der Waals surface area contributed by atoms with E-state index >= 15 is 0 Å². The first-order chi connectivity index (χ1) is 15.7. The summed E-state index contributed by atoms with van der Waals surface area (Å²) in [5, 5.41) is 7.37. The number of benzene rings is 1. The molecular formula is C27H37N3O2. The molecule has 1 amide bonds. The Balaban J connectivity index is 1.23. The van der Waals surface area contributed by atoms with E-state index in [4.69, 9.17) is 4.74 Å². The minimum atomic E-state index is 0.113. The normalized spacial score (nSPS) is 32.6. The van der Waals surface area contributed by atoms with Crippen LogP contribution < -0.4 is 0 Å². The van der Waals surface area contributed by atoms with Crippen molar-refractivity contribution >= 4 is 5.91 Å². The largest absolute Gasteiger partial charge is 0.376 e. The number of carbonyl (C=O) groups is 1. The van der Waals surface area contributed by atoms with Gasteiger partial charge in [-0.2, -0.15) is 5.10 Å². The van der Waals surface area contributed by atoms with Gasteiger partial charge in [-0.3, -0.25) is 9.89 Å². The fourth-order valence-electron chi connectivity index (χ4n) is 6.11. The molecule has 1 aromatic heterocycles. The molecule has 1 saturated heterocycles. The number of hydrogen-bond acceptors (Lipinski definition) is 3. The van der Waals surface area contributed by atoms with Gasteiger partial charge in [0, 0.05) is 30.3 Å². The lowest BCUT2D eigenvalue weighted by Crippen LogP contribution is -2.51. The predicted octanol–water partition coefficient (Wildman–Crippen LogP) is 5.27. The highest BCUT2D eigenvalue weighted by Crippen LogP contribution is 2.44. The van der Waals surface area contributed by atoms with Gasteiger partial charge in [-0.25, -0.2) is 0 Å². The molecule has 4 unspecified atom stereocenters. The lowest BCUT2D eigenvalue weighted by atomic mass is 9.82. The molecule has 1 N–H and O–H groups in total. The third kappa shape index (κ3) is 4.63. The quantitative estimate of drug-likeness (QED) is 0.644. The molecule has 5 heteroatoms. The number of aromatic amines is 1. The highest BCUT2D eigenvalue weighted by atomic mass is 16.5. The van der Waals surface area contributed by atoms with Crippen molar-refractivity contribution in [1.29, 1.82) is 0 Å². The van der Waals surface area contributed by atoms with Crippen molar-refractivity contribution in [2.75, 3.05) is 13.2 Å². The van der Waals surface area contributed by atoms with E-state index < -0.39 is 0 Å². The lowest BCUT2D eigenvalue weighted by molar-refractivity contribution is -0.140. The average molecular weight is 436 g/mol. The molecule has 3 fully saturated rings. The summed E-state index contributed by atoms with van der Waals surface area (Å²) < 4.78 is 6.54. The Hall–Kier alpha value is -2.14. The molecule has 2 aliphatic carbocycles. The molecule has 2 saturated carbocycles. The Morgan fingerprint density at radius 1 is 1.12 bits per heavy atom. The Labute approximate surface area is 191 Å². The fourth-order valence-corrected chi connectivity index (χ4v) is 6.11. The van der Waals surface area contributed by atoms with Crippen LogP contribution in [0.5, 0.6) is 0 Å². The summed E-state index contributed by atoms with van der Waals surface area (Å²) >= 11 is 0. The summed E-state index contributed by atoms with van der Waals surface area (Å²) in [4.78, 5) is 15.5. The average Bonchev–Trinajstić information content (AvgIpc) is 3.45. The molecule has 5 rings (SSSR count). The maximum absolute atomic E-state index is 13.4. The summed E-state index contributed by atoms with van der Waals surface area (Å²) in [6.45, 7) is 3.71. The van der Waals surface area contributed by atoms with Crippen molar-refractivity contribution in [3.8, 4) is 0 Å². The highest BCUT2D eigenvalue weighted by molar-refractivity contribution is 5.82. The van der Waals surface area contributed by atoms with E-state index in [-0.39, 0.29) is 17.9 Å². The van der Waals surface area contributed by atoms with E-state index in [9.17, 15) is 4.79 Å². The van der Waals surface area contributed by atoms with Crippen LogP contribution in [-0.4, -0.2) is 46.3 Å². The van der Waals surface area contributed by atoms with Gasteiger partial charge in [0.05, 0.1) is 18.8 Å². The molecule has 172 valence electrons. The van der Waals surface area contributed by atoms with Crippen LogP contribution in [0.2, 0.25) is 0 Å². The fraction of sp³-hybridized carbons (Fsp3) is 0.630. The van der Waals surface area contributed by atoms with Crippen LogP contribution in [0.3, 0.4) is 0 Å². The molecule has 0 bridgehead atoms. The third-order valence-electron chi connectivity index (χ3n) is 8.20. The van der Waals surface area contributed by atoms with Crippen molar-refractivity contribution in [1.82, 2.24) is 15.1 Å². The van der Waals surface area contributed by atoms with Crippen molar-refractivity contribution in [2.24, 2.45) is 11.8 Å². The summed E-state index contributed by atoms with van der Waals surface area (Å²) in [5.41, 5.74) is 2.61. The van der Waals surface area contributed by atoms with Gasteiger partial charge in [0.1, 0.15) is 0 Å². The van der Waals surface area contributed by atoms with E-state index in [0.717, 1.165) is 50.8 Å². The molecular weight excluding hydrogens is 398 g/mol. The second kappa shape index (κ2) is 9.78. The summed E-state index contributed by atoms with van der Waals surface area (Å²) in [6.07, 6.45) is 11.0. The van der Waals surface area contributed by atoms with E-state index in [2.05, 4.69) is 58.4 Å². The number of hydrogen-bond donors (Lipinski definition) is 1. The zero-order valence-electron chi connectivity index (χ0n) is 19.3. The monoisotopic (exact) mass is 435 g/mol. The first-order valence-electron chi connectivity index (χ1n) is 12.7. The van der Waals surface area contributed by atoms with Crippen LogP contribution >= 0.6 is 0 Å². The zero-order valence-corrected chi connectivity index (χ0v) is 19.3. The SMILES string of the molecule is CCC1CC1C(=O)N1CCCC(c2ccn[nH]2)C1COC1CCC(c2ccccc2)CC1. The maximum atomic E-state index is 13.4. The lowest BCUT2D eigenvalue weighted by Gasteiger charge is -2.42. The van der Waals surface area contributed by atoms with Crippen molar-refractivity contribution in [3.63, 3.8) is 0 Å². The van der Waals surface area contributed by atoms with Crippen LogP contribution in [0.15, 0.2) is 42.6 Å². The molecule has 5 nitrogen and oxygen atoms in total. The van der Waals surface area contributed by atoms with E-state index in [1.807, 2.05) is 6.20 Å². The summed E-state index contributed by atoms with van der Waals surface area (Å²) in [6, 6.07) is 13.1. The van der Waals surface area contributed by atoms with Crippen LogP contribution in [0.1, 0.15) is 81.4 Å². The van der Waals surface area contributed by atoms with E-state index in [1.54, 1.807) is 0 Å². The molecule has 2 aromatic rings. The number of nitrogens with zero attached hydrogens (tertiary/aromatic N) is 2. The molecule has 2 heterocycles. The van der Waals surface area contributed by atoms with Gasteiger partial charge < -0.3 is 9.64 Å². The minimum absolute atomic E-state index is 0.113. The van der Waals surface area contributed by atoms with Gasteiger partial charge in [0.15, 0.2) is 0 Å². The van der Waals surface area contributed by atoms with Gasteiger partial charge in [0.25, 0.3) is 0 Å². The maximum Gasteiger partial charge on any atom is 0.226 e. The first-order valence-corrected chi connectivity index (χ1v) is 12.7. The number of rotatable bonds is 7. The van der Waals surface area contributed by atoms with Gasteiger partial charge in [-0.05, 0) is 68.4 Å².